The van der Waals surface area contributed by atoms with Crippen LogP contribution in [-0.4, -0.2) is 14.9 Å². The van der Waals surface area contributed by atoms with E-state index in [1.165, 1.54) is 11.3 Å². The van der Waals surface area contributed by atoms with Crippen molar-refractivity contribution in [2.45, 2.75) is 4.34 Å². The topological polar surface area (TPSA) is 53.8 Å². The number of nitrogens with zero attached hydrogens (tertiary/aromatic N) is 2. The van der Waals surface area contributed by atoms with E-state index in [1.54, 1.807) is 0 Å². The van der Waals surface area contributed by atoms with Crippen molar-refractivity contribution in [3.8, 4) is 6.07 Å². The van der Waals surface area contributed by atoms with Crippen LogP contribution in [-0.2, 0) is 10.8 Å². The van der Waals surface area contributed by atoms with Gasteiger partial charge < -0.3 is 0 Å². The maximum atomic E-state index is 11.5. The van der Waals surface area contributed by atoms with E-state index in [2.05, 4.69) is 4.98 Å². The fourth-order valence-electron chi connectivity index (χ4n) is 1.07. The summed E-state index contributed by atoms with van der Waals surface area (Å²) in [4.78, 5) is 4.20. The van der Waals surface area contributed by atoms with Gasteiger partial charge >= 0.3 is 0 Å². The summed E-state index contributed by atoms with van der Waals surface area (Å²) in [6, 6.07) is 9.48. The predicted octanol–water partition coefficient (Wildman–Crippen LogP) is 1.93. The van der Waals surface area contributed by atoms with Gasteiger partial charge in [-0.2, -0.15) is 5.26 Å². The van der Waals surface area contributed by atoms with Crippen molar-refractivity contribution in [2.24, 2.45) is 0 Å². The molecular formula is C9H6N2OS2. The molecule has 0 N–H and O–H groups in total. The minimum Gasteiger partial charge on any atom is -0.251 e. The van der Waals surface area contributed by atoms with Crippen LogP contribution in [0.2, 0.25) is 0 Å². The average Bonchev–Trinajstić information content (AvgIpc) is 2.61. The van der Waals surface area contributed by atoms with Crippen molar-refractivity contribution in [3.63, 3.8) is 0 Å². The lowest BCUT2D eigenvalue weighted by Gasteiger charge is -1.85. The van der Waals surface area contributed by atoms with E-state index >= 15 is 0 Å². The normalized spacial score (nSPS) is 12.5. The third-order valence-corrected chi connectivity index (χ3v) is 4.18. The van der Waals surface area contributed by atoms with Crippen LogP contribution in [0.3, 0.4) is 0 Å². The number of nitriles is 1. The number of aromatic nitrogens is 1. The summed E-state index contributed by atoms with van der Waals surface area (Å²) in [5.74, 6) is 0.0137. The maximum absolute atomic E-state index is 11.5. The van der Waals surface area contributed by atoms with Gasteiger partial charge in [0.1, 0.15) is 5.75 Å². The number of fused-ring (bicyclic) bond motifs is 1. The van der Waals surface area contributed by atoms with E-state index in [-0.39, 0.29) is 5.75 Å². The zero-order valence-electron chi connectivity index (χ0n) is 7.14. The van der Waals surface area contributed by atoms with Crippen LogP contribution < -0.4 is 0 Å². The van der Waals surface area contributed by atoms with Gasteiger partial charge in [-0.25, -0.2) is 4.98 Å². The van der Waals surface area contributed by atoms with E-state index in [1.807, 2.05) is 30.3 Å². The SMILES string of the molecule is N#CCS(=O)c1nc2ccccc2s1. The molecule has 14 heavy (non-hydrogen) atoms. The van der Waals surface area contributed by atoms with Gasteiger partial charge in [-0.1, -0.05) is 12.1 Å². The number of thiazole rings is 1. The quantitative estimate of drug-likeness (QED) is 0.780. The second kappa shape index (κ2) is 3.86. The highest BCUT2D eigenvalue weighted by molar-refractivity contribution is 7.87. The van der Waals surface area contributed by atoms with Gasteiger partial charge in [0.15, 0.2) is 4.34 Å². The minimum absolute atomic E-state index is 0.0137. The van der Waals surface area contributed by atoms with E-state index in [4.69, 9.17) is 5.26 Å². The first-order valence-electron chi connectivity index (χ1n) is 3.92. The Hall–Kier alpha value is -1.25. The van der Waals surface area contributed by atoms with Gasteiger partial charge in [0.25, 0.3) is 0 Å². The van der Waals surface area contributed by atoms with E-state index in [9.17, 15) is 4.21 Å². The molecule has 0 aliphatic carbocycles. The summed E-state index contributed by atoms with van der Waals surface area (Å²) >= 11 is 1.38. The van der Waals surface area contributed by atoms with E-state index in [0.29, 0.717) is 4.34 Å². The molecule has 0 fully saturated rings. The molecule has 1 unspecified atom stereocenters. The van der Waals surface area contributed by atoms with E-state index in [0.717, 1.165) is 10.2 Å². The predicted molar refractivity (Wildman–Crippen MR) is 56.5 cm³/mol. The summed E-state index contributed by atoms with van der Waals surface area (Å²) in [5.41, 5.74) is 0.846. The monoisotopic (exact) mass is 222 g/mol. The lowest BCUT2D eigenvalue weighted by atomic mass is 10.3. The zero-order chi connectivity index (χ0) is 9.97. The van der Waals surface area contributed by atoms with Crippen molar-refractivity contribution < 1.29 is 4.21 Å². The van der Waals surface area contributed by atoms with Crippen LogP contribution >= 0.6 is 11.3 Å². The first kappa shape index (κ1) is 9.31. The molecule has 1 atom stereocenters. The van der Waals surface area contributed by atoms with Crippen molar-refractivity contribution in [1.29, 1.82) is 5.26 Å². The van der Waals surface area contributed by atoms with Crippen molar-refractivity contribution in [1.82, 2.24) is 4.98 Å². The lowest BCUT2D eigenvalue weighted by Crippen LogP contribution is -1.93. The molecule has 1 aromatic heterocycles. The lowest BCUT2D eigenvalue weighted by molar-refractivity contribution is 0.685. The second-order valence-corrected chi connectivity index (χ2v) is 5.25. The van der Waals surface area contributed by atoms with Crippen molar-refractivity contribution >= 4 is 32.4 Å². The molecule has 1 heterocycles. The molecule has 5 heteroatoms. The number of hydrogen-bond acceptors (Lipinski definition) is 4. The molecule has 0 bridgehead atoms. The summed E-state index contributed by atoms with van der Waals surface area (Å²) in [6.07, 6.45) is 0. The Morgan fingerprint density at radius 3 is 3.00 bits per heavy atom. The van der Waals surface area contributed by atoms with Gasteiger partial charge in [-0.15, -0.1) is 11.3 Å². The largest absolute Gasteiger partial charge is 0.251 e. The molecule has 0 saturated heterocycles. The third-order valence-electron chi connectivity index (χ3n) is 1.66. The number of rotatable bonds is 2. The van der Waals surface area contributed by atoms with Crippen molar-refractivity contribution in [2.75, 3.05) is 5.75 Å². The van der Waals surface area contributed by atoms with Gasteiger partial charge in [0, 0.05) is 0 Å². The maximum Gasteiger partial charge on any atom is 0.182 e. The highest BCUT2D eigenvalue weighted by atomic mass is 32.2. The number of benzene rings is 1. The van der Waals surface area contributed by atoms with Gasteiger partial charge in [0.2, 0.25) is 0 Å². The molecule has 2 aromatic rings. The summed E-state index contributed by atoms with van der Waals surface area (Å²) in [5, 5.41) is 8.41. The van der Waals surface area contributed by atoms with Gasteiger partial charge in [-0.05, 0) is 12.1 Å². The molecular weight excluding hydrogens is 216 g/mol. The molecule has 0 radical (unpaired) electrons. The van der Waals surface area contributed by atoms with Gasteiger partial charge in [0.05, 0.1) is 27.1 Å². The highest BCUT2D eigenvalue weighted by Crippen LogP contribution is 2.23. The van der Waals surface area contributed by atoms with Crippen LogP contribution in [0.15, 0.2) is 28.6 Å². The molecule has 0 aliphatic rings. The molecule has 70 valence electrons. The van der Waals surface area contributed by atoms with Crippen LogP contribution in [0.4, 0.5) is 0 Å². The third kappa shape index (κ3) is 1.67. The van der Waals surface area contributed by atoms with Crippen LogP contribution in [0.25, 0.3) is 10.2 Å². The van der Waals surface area contributed by atoms with E-state index < -0.39 is 10.8 Å². The molecule has 0 spiro atoms. The first-order chi connectivity index (χ1) is 6.81. The summed E-state index contributed by atoms with van der Waals surface area (Å²) in [7, 11) is -1.27. The standard InChI is InChI=1S/C9H6N2OS2/c10-5-6-14(12)9-11-7-3-1-2-4-8(7)13-9/h1-4H,6H2. The Balaban J connectivity index is 2.46. The number of hydrogen-bond donors (Lipinski definition) is 0. The Morgan fingerprint density at radius 2 is 2.29 bits per heavy atom. The van der Waals surface area contributed by atoms with Crippen LogP contribution in [0, 0.1) is 11.3 Å². The molecule has 2 rings (SSSR count). The molecule has 0 saturated carbocycles. The Bertz CT molecular complexity index is 494. The number of para-hydroxylation sites is 1. The Labute approximate surface area is 87.5 Å². The Kier molecular flexibility index (Phi) is 2.57. The average molecular weight is 222 g/mol. The zero-order valence-corrected chi connectivity index (χ0v) is 8.77. The molecule has 0 aliphatic heterocycles. The van der Waals surface area contributed by atoms with Crippen LogP contribution in [0.5, 0.6) is 0 Å². The fraction of sp³-hybridized carbons (Fsp3) is 0.111. The first-order valence-corrected chi connectivity index (χ1v) is 6.05. The minimum atomic E-state index is -1.27. The smallest absolute Gasteiger partial charge is 0.182 e. The fourth-order valence-corrected chi connectivity index (χ4v) is 3.02. The molecule has 3 nitrogen and oxygen atoms in total. The van der Waals surface area contributed by atoms with Crippen LogP contribution in [0.1, 0.15) is 0 Å². The molecule has 0 amide bonds. The van der Waals surface area contributed by atoms with Crippen molar-refractivity contribution in [3.05, 3.63) is 24.3 Å². The Morgan fingerprint density at radius 1 is 1.50 bits per heavy atom. The summed E-state index contributed by atoms with van der Waals surface area (Å²) < 4.78 is 13.0. The summed E-state index contributed by atoms with van der Waals surface area (Å²) in [6.45, 7) is 0. The second-order valence-electron chi connectivity index (χ2n) is 2.60. The highest BCUT2D eigenvalue weighted by Gasteiger charge is 2.09. The van der Waals surface area contributed by atoms with Gasteiger partial charge in [-0.3, -0.25) is 4.21 Å². The molecule has 1 aromatic carbocycles.